The van der Waals surface area contributed by atoms with Gasteiger partial charge in [0.15, 0.2) is 0 Å². The highest BCUT2D eigenvalue weighted by Gasteiger charge is 2.15. The van der Waals surface area contributed by atoms with Gasteiger partial charge in [0.05, 0.1) is 13.2 Å². The molecule has 1 atom stereocenters. The Kier molecular flexibility index (Phi) is 6.59. The topological polar surface area (TPSA) is 32.7 Å². The van der Waals surface area contributed by atoms with E-state index in [9.17, 15) is 5.11 Å². The number of rotatable bonds is 8. The molecule has 0 aromatic heterocycles. The van der Waals surface area contributed by atoms with Crippen LogP contribution in [0, 0.1) is 0 Å². The highest BCUT2D eigenvalue weighted by molar-refractivity contribution is 5.29. The lowest BCUT2D eigenvalue weighted by Crippen LogP contribution is -2.34. The Bertz CT molecular complexity index is 490. The van der Waals surface area contributed by atoms with Crippen molar-refractivity contribution >= 4 is 0 Å². The number of nitrogens with zero attached hydrogens (tertiary/aromatic N) is 1. The second-order valence-electron chi connectivity index (χ2n) is 5.58. The van der Waals surface area contributed by atoms with Crippen molar-refractivity contribution < 1.29 is 9.84 Å². The van der Waals surface area contributed by atoms with Gasteiger partial charge in [-0.05, 0) is 25.1 Å². The van der Waals surface area contributed by atoms with Crippen LogP contribution < -0.4 is 0 Å². The summed E-state index contributed by atoms with van der Waals surface area (Å²) in [5, 5.41) is 9.19. The molecule has 0 bridgehead atoms. The third kappa shape index (κ3) is 4.67. The van der Waals surface area contributed by atoms with Gasteiger partial charge in [0, 0.05) is 12.6 Å². The first-order chi connectivity index (χ1) is 10.7. The fraction of sp³-hybridized carbons (Fsp3) is 0.368. The van der Waals surface area contributed by atoms with Gasteiger partial charge in [-0.2, -0.15) is 0 Å². The SMILES string of the molecule is CC(CO)N(C)CCOC(c1ccccc1)c1ccccc1. The Balaban J connectivity index is 2.04. The van der Waals surface area contributed by atoms with Crippen LogP contribution in [0.25, 0.3) is 0 Å². The number of likely N-dealkylation sites (N-methyl/N-ethyl adjacent to an activating group) is 1. The molecular formula is C19H25NO2. The van der Waals surface area contributed by atoms with E-state index in [2.05, 4.69) is 29.2 Å². The predicted octanol–water partition coefficient (Wildman–Crippen LogP) is 3.11. The Morgan fingerprint density at radius 2 is 1.45 bits per heavy atom. The van der Waals surface area contributed by atoms with Gasteiger partial charge in [0.25, 0.3) is 0 Å². The molecule has 1 N–H and O–H groups in total. The first kappa shape index (κ1) is 16.7. The molecule has 0 amide bonds. The summed E-state index contributed by atoms with van der Waals surface area (Å²) in [5.41, 5.74) is 2.32. The van der Waals surface area contributed by atoms with Gasteiger partial charge < -0.3 is 9.84 Å². The van der Waals surface area contributed by atoms with Gasteiger partial charge >= 0.3 is 0 Å². The number of benzene rings is 2. The number of hydrogen-bond donors (Lipinski definition) is 1. The summed E-state index contributed by atoms with van der Waals surface area (Å²) in [4.78, 5) is 2.10. The van der Waals surface area contributed by atoms with Crippen LogP contribution in [0.5, 0.6) is 0 Å². The summed E-state index contributed by atoms with van der Waals surface area (Å²) in [6.07, 6.45) is -0.0553. The number of aliphatic hydroxyl groups excluding tert-OH is 1. The van der Waals surface area contributed by atoms with Gasteiger partial charge in [0.2, 0.25) is 0 Å². The molecule has 3 heteroatoms. The number of hydrogen-bond acceptors (Lipinski definition) is 3. The number of ether oxygens (including phenoxy) is 1. The van der Waals surface area contributed by atoms with E-state index in [0.717, 1.165) is 17.7 Å². The lowest BCUT2D eigenvalue weighted by Gasteiger charge is -2.25. The van der Waals surface area contributed by atoms with Crippen molar-refractivity contribution in [3.63, 3.8) is 0 Å². The van der Waals surface area contributed by atoms with E-state index >= 15 is 0 Å². The molecule has 3 nitrogen and oxygen atoms in total. The van der Waals surface area contributed by atoms with Crippen molar-refractivity contribution in [2.45, 2.75) is 19.1 Å². The molecule has 0 radical (unpaired) electrons. The van der Waals surface area contributed by atoms with Gasteiger partial charge in [-0.3, -0.25) is 4.90 Å². The molecule has 2 aromatic carbocycles. The summed E-state index contributed by atoms with van der Waals surface area (Å²) in [6, 6.07) is 20.7. The first-order valence-corrected chi connectivity index (χ1v) is 7.75. The van der Waals surface area contributed by atoms with Crippen molar-refractivity contribution in [3.05, 3.63) is 71.8 Å². The highest BCUT2D eigenvalue weighted by Crippen LogP contribution is 2.25. The summed E-state index contributed by atoms with van der Waals surface area (Å²) in [5.74, 6) is 0. The molecule has 2 rings (SSSR count). The lowest BCUT2D eigenvalue weighted by atomic mass is 10.0. The Labute approximate surface area is 133 Å². The van der Waals surface area contributed by atoms with E-state index in [1.165, 1.54) is 0 Å². The average molecular weight is 299 g/mol. The summed E-state index contributed by atoms with van der Waals surface area (Å²) in [6.45, 7) is 3.58. The Hall–Kier alpha value is -1.68. The van der Waals surface area contributed by atoms with Gasteiger partial charge in [-0.15, -0.1) is 0 Å². The zero-order valence-electron chi connectivity index (χ0n) is 13.4. The minimum Gasteiger partial charge on any atom is -0.395 e. The van der Waals surface area contributed by atoms with Crippen LogP contribution >= 0.6 is 0 Å². The van der Waals surface area contributed by atoms with Crippen LogP contribution in [-0.2, 0) is 4.74 Å². The molecule has 22 heavy (non-hydrogen) atoms. The highest BCUT2D eigenvalue weighted by atomic mass is 16.5. The Morgan fingerprint density at radius 3 is 1.91 bits per heavy atom. The molecule has 0 aliphatic heterocycles. The fourth-order valence-electron chi connectivity index (χ4n) is 2.31. The third-order valence-corrected chi connectivity index (χ3v) is 3.95. The minimum atomic E-state index is -0.0553. The largest absolute Gasteiger partial charge is 0.395 e. The van der Waals surface area contributed by atoms with E-state index in [4.69, 9.17) is 4.74 Å². The molecular weight excluding hydrogens is 274 g/mol. The molecule has 0 heterocycles. The van der Waals surface area contributed by atoms with Crippen molar-refractivity contribution in [2.75, 3.05) is 26.8 Å². The molecule has 0 aliphatic rings. The molecule has 0 aliphatic carbocycles. The molecule has 0 spiro atoms. The van der Waals surface area contributed by atoms with Crippen LogP contribution in [0.15, 0.2) is 60.7 Å². The summed E-state index contributed by atoms with van der Waals surface area (Å²) < 4.78 is 6.16. The monoisotopic (exact) mass is 299 g/mol. The first-order valence-electron chi connectivity index (χ1n) is 7.75. The smallest absolute Gasteiger partial charge is 0.108 e. The second-order valence-corrected chi connectivity index (χ2v) is 5.58. The lowest BCUT2D eigenvalue weighted by molar-refractivity contribution is 0.0510. The van der Waals surface area contributed by atoms with E-state index in [1.54, 1.807) is 0 Å². The minimum absolute atomic E-state index is 0.0553. The molecule has 2 aromatic rings. The van der Waals surface area contributed by atoms with Crippen LogP contribution in [0.4, 0.5) is 0 Å². The van der Waals surface area contributed by atoms with E-state index in [-0.39, 0.29) is 18.8 Å². The van der Waals surface area contributed by atoms with Crippen molar-refractivity contribution in [2.24, 2.45) is 0 Å². The molecule has 0 saturated heterocycles. The average Bonchev–Trinajstić information content (AvgIpc) is 2.59. The Morgan fingerprint density at radius 1 is 0.955 bits per heavy atom. The zero-order chi connectivity index (χ0) is 15.8. The van der Waals surface area contributed by atoms with Gasteiger partial charge in [-0.25, -0.2) is 0 Å². The van der Waals surface area contributed by atoms with Gasteiger partial charge in [-0.1, -0.05) is 60.7 Å². The molecule has 0 fully saturated rings. The molecule has 1 unspecified atom stereocenters. The third-order valence-electron chi connectivity index (χ3n) is 3.95. The summed E-state index contributed by atoms with van der Waals surface area (Å²) >= 11 is 0. The van der Waals surface area contributed by atoms with Crippen LogP contribution in [0.3, 0.4) is 0 Å². The van der Waals surface area contributed by atoms with Crippen molar-refractivity contribution in [1.29, 1.82) is 0 Å². The second kappa shape index (κ2) is 8.69. The normalized spacial score (nSPS) is 12.8. The quantitative estimate of drug-likeness (QED) is 0.813. The molecule has 0 saturated carbocycles. The maximum absolute atomic E-state index is 9.19. The van der Waals surface area contributed by atoms with E-state index < -0.39 is 0 Å². The fourth-order valence-corrected chi connectivity index (χ4v) is 2.31. The van der Waals surface area contributed by atoms with E-state index in [1.807, 2.05) is 50.4 Å². The standard InChI is InChI=1S/C19H25NO2/c1-16(15-21)20(2)13-14-22-19(17-9-5-3-6-10-17)18-11-7-4-8-12-18/h3-12,16,19,21H,13-15H2,1-2H3. The molecule has 118 valence electrons. The van der Waals surface area contributed by atoms with Crippen LogP contribution in [0.1, 0.15) is 24.2 Å². The van der Waals surface area contributed by atoms with Gasteiger partial charge in [0.1, 0.15) is 6.10 Å². The summed E-state index contributed by atoms with van der Waals surface area (Å²) in [7, 11) is 2.00. The number of aliphatic hydroxyl groups is 1. The predicted molar refractivity (Wildman–Crippen MR) is 89.9 cm³/mol. The van der Waals surface area contributed by atoms with Crippen molar-refractivity contribution in [1.82, 2.24) is 4.90 Å². The maximum atomic E-state index is 9.19. The van der Waals surface area contributed by atoms with E-state index in [0.29, 0.717) is 6.61 Å². The van der Waals surface area contributed by atoms with Crippen LogP contribution in [-0.4, -0.2) is 42.9 Å². The zero-order valence-corrected chi connectivity index (χ0v) is 13.4. The van der Waals surface area contributed by atoms with Crippen molar-refractivity contribution in [3.8, 4) is 0 Å². The van der Waals surface area contributed by atoms with Crippen LogP contribution in [0.2, 0.25) is 0 Å². The maximum Gasteiger partial charge on any atom is 0.108 e.